The highest BCUT2D eigenvalue weighted by atomic mass is 16.4. The van der Waals surface area contributed by atoms with Crippen molar-refractivity contribution >= 4 is 28.2 Å². The predicted octanol–water partition coefficient (Wildman–Crippen LogP) is 4.68. The van der Waals surface area contributed by atoms with Crippen LogP contribution in [0.1, 0.15) is 40.2 Å². The van der Waals surface area contributed by atoms with Gasteiger partial charge in [-0.05, 0) is 64.0 Å². The number of carboxylic acid groups (broad SMARTS) is 1. The number of benzene rings is 2. The molecular weight excluding hydrogens is 376 g/mol. The maximum absolute atomic E-state index is 11.4. The molecule has 0 aromatic heterocycles. The number of carbonyl (C=O) groups is 1. The number of fused-ring (bicyclic) bond motifs is 2. The molecule has 1 N–H and O–H groups in total. The molecule has 1 aliphatic heterocycles. The summed E-state index contributed by atoms with van der Waals surface area (Å²) < 4.78 is 8.64. The number of anilines is 1. The Bertz CT molecular complexity index is 1130. The highest BCUT2D eigenvalue weighted by Gasteiger charge is 2.19. The molecule has 0 atom stereocenters. The van der Waals surface area contributed by atoms with Gasteiger partial charge in [0.1, 0.15) is 24.4 Å². The predicted molar refractivity (Wildman–Crippen MR) is 124 cm³/mol. The average molecular weight is 408 g/mol. The fourth-order valence-electron chi connectivity index (χ4n) is 4.12. The van der Waals surface area contributed by atoms with Crippen LogP contribution in [0.25, 0.3) is 27.9 Å². The molecule has 0 saturated heterocycles. The average Bonchev–Trinajstić information content (AvgIpc) is 2.73. The minimum absolute atomic E-state index is 0.708. The fraction of sp³-hybridized carbons (Fsp3) is 0.360. The highest BCUT2D eigenvalue weighted by Crippen LogP contribution is 2.38. The van der Waals surface area contributed by atoms with E-state index in [1.165, 1.54) is 6.08 Å². The quantitative estimate of drug-likeness (QED) is 0.351. The Labute approximate surface area is 177 Å². The van der Waals surface area contributed by atoms with E-state index in [-0.39, 0.29) is 0 Å². The van der Waals surface area contributed by atoms with Gasteiger partial charge in [0.15, 0.2) is 0 Å². The molecular formula is C25H31N2O3+. The lowest BCUT2D eigenvalue weighted by atomic mass is 9.94. The Morgan fingerprint density at radius 2 is 1.77 bits per heavy atom. The summed E-state index contributed by atoms with van der Waals surface area (Å²) in [5, 5.41) is 11.4. The normalized spacial score (nSPS) is 11.8. The van der Waals surface area contributed by atoms with Gasteiger partial charge < -0.3 is 14.4 Å². The van der Waals surface area contributed by atoms with Gasteiger partial charge in [-0.15, -0.1) is 0 Å². The number of carboxylic acids is 1. The molecule has 5 nitrogen and oxygen atoms in total. The van der Waals surface area contributed by atoms with Gasteiger partial charge in [0.2, 0.25) is 5.36 Å². The monoisotopic (exact) mass is 407 g/mol. The summed E-state index contributed by atoms with van der Waals surface area (Å²) in [6.07, 6.45) is 1.27. The van der Waals surface area contributed by atoms with Crippen LogP contribution in [0, 0.1) is 0 Å². The van der Waals surface area contributed by atoms with Crippen LogP contribution in [0.2, 0.25) is 0 Å². The van der Waals surface area contributed by atoms with E-state index in [9.17, 15) is 9.90 Å². The van der Waals surface area contributed by atoms with Crippen molar-refractivity contribution in [3.8, 4) is 11.3 Å². The zero-order valence-corrected chi connectivity index (χ0v) is 18.5. The van der Waals surface area contributed by atoms with Crippen molar-refractivity contribution in [2.45, 2.75) is 34.6 Å². The second-order valence-corrected chi connectivity index (χ2v) is 7.35. The Balaban J connectivity index is 2.41. The largest absolute Gasteiger partial charge is 0.478 e. The van der Waals surface area contributed by atoms with Crippen molar-refractivity contribution in [2.24, 2.45) is 0 Å². The lowest BCUT2D eigenvalue weighted by molar-refractivity contribution is -0.131. The highest BCUT2D eigenvalue weighted by molar-refractivity contribution is 6.02. The standard InChI is InChI=1S/C25H30N2O3/c1-6-26(7-2)18-10-12-20-22(15-18)30-23-16-19(27(8-3)9-4)11-13-21(23)25(20)17(5)14-24(28)29/h10-16H,6-9H2,1-5H3/p+1/b17-14-. The van der Waals surface area contributed by atoms with E-state index in [0.29, 0.717) is 5.57 Å². The molecule has 30 heavy (non-hydrogen) atoms. The van der Waals surface area contributed by atoms with Crippen molar-refractivity contribution in [3.63, 3.8) is 0 Å². The Kier molecular flexibility index (Phi) is 6.60. The molecule has 0 fully saturated rings. The zero-order valence-electron chi connectivity index (χ0n) is 18.5. The van der Waals surface area contributed by atoms with Crippen LogP contribution < -0.4 is 14.8 Å². The Morgan fingerprint density at radius 3 is 2.37 bits per heavy atom. The molecule has 1 aromatic rings. The molecule has 0 saturated carbocycles. The Hall–Kier alpha value is -3.08. The molecule has 158 valence electrons. The molecule has 0 amide bonds. The number of aliphatic carboxylic acids is 1. The minimum Gasteiger partial charge on any atom is -0.478 e. The summed E-state index contributed by atoms with van der Waals surface area (Å²) >= 11 is 0. The van der Waals surface area contributed by atoms with E-state index >= 15 is 0 Å². The van der Waals surface area contributed by atoms with E-state index in [1.807, 2.05) is 19.1 Å². The summed E-state index contributed by atoms with van der Waals surface area (Å²) in [7, 11) is 0. The SMILES string of the molecule is CCN(CC)c1ccc2c(/C(C)=C\C(=O)O)c3ccc(=[N+](CC)CC)cc-3oc2c1. The van der Waals surface area contributed by atoms with E-state index in [2.05, 4.69) is 61.4 Å². The van der Waals surface area contributed by atoms with Gasteiger partial charge in [-0.2, -0.15) is 0 Å². The van der Waals surface area contributed by atoms with Crippen molar-refractivity contribution in [1.29, 1.82) is 0 Å². The van der Waals surface area contributed by atoms with Crippen molar-refractivity contribution in [3.05, 3.63) is 53.4 Å². The van der Waals surface area contributed by atoms with Crippen molar-refractivity contribution < 1.29 is 14.3 Å². The maximum Gasteiger partial charge on any atom is 0.328 e. The lowest BCUT2D eigenvalue weighted by Crippen LogP contribution is -2.29. The summed E-state index contributed by atoms with van der Waals surface area (Å²) in [5.74, 6) is -0.189. The molecule has 5 heteroatoms. The smallest absolute Gasteiger partial charge is 0.328 e. The lowest BCUT2D eigenvalue weighted by Gasteiger charge is -2.22. The molecule has 3 rings (SSSR count). The summed E-state index contributed by atoms with van der Waals surface area (Å²) in [5.41, 5.74) is 4.40. The van der Waals surface area contributed by atoms with E-state index < -0.39 is 5.97 Å². The third-order valence-corrected chi connectivity index (χ3v) is 5.68. The summed E-state index contributed by atoms with van der Waals surface area (Å²) in [6.45, 7) is 14.0. The van der Waals surface area contributed by atoms with Gasteiger partial charge in [0.05, 0.1) is 6.07 Å². The van der Waals surface area contributed by atoms with Gasteiger partial charge in [-0.3, -0.25) is 0 Å². The molecule has 1 heterocycles. The van der Waals surface area contributed by atoms with Crippen molar-refractivity contribution in [1.82, 2.24) is 4.58 Å². The molecule has 0 unspecified atom stereocenters. The number of hydrogen-bond acceptors (Lipinski definition) is 3. The first-order valence-electron chi connectivity index (χ1n) is 10.7. The first-order chi connectivity index (χ1) is 14.4. The van der Waals surface area contributed by atoms with E-state index in [1.54, 1.807) is 0 Å². The third kappa shape index (κ3) is 4.11. The minimum atomic E-state index is -0.950. The third-order valence-electron chi connectivity index (χ3n) is 5.68. The first-order valence-corrected chi connectivity index (χ1v) is 10.7. The van der Waals surface area contributed by atoms with Crippen LogP contribution in [0.5, 0.6) is 0 Å². The van der Waals surface area contributed by atoms with Crippen LogP contribution in [-0.2, 0) is 4.79 Å². The maximum atomic E-state index is 11.4. The molecule has 0 radical (unpaired) electrons. The number of hydrogen-bond donors (Lipinski definition) is 1. The fourth-order valence-corrected chi connectivity index (χ4v) is 4.12. The molecule has 0 bridgehead atoms. The van der Waals surface area contributed by atoms with Gasteiger partial charge >= 0.3 is 5.97 Å². The summed E-state index contributed by atoms with van der Waals surface area (Å²) in [6, 6.07) is 12.4. The summed E-state index contributed by atoms with van der Waals surface area (Å²) in [4.78, 5) is 13.7. The molecule has 2 aliphatic rings. The molecule has 0 spiro atoms. The van der Waals surface area contributed by atoms with E-state index in [4.69, 9.17) is 4.42 Å². The van der Waals surface area contributed by atoms with Crippen LogP contribution >= 0.6 is 0 Å². The zero-order chi connectivity index (χ0) is 21.8. The van der Waals surface area contributed by atoms with Crippen molar-refractivity contribution in [2.75, 3.05) is 31.1 Å². The van der Waals surface area contributed by atoms with Gasteiger partial charge in [-0.1, -0.05) is 0 Å². The van der Waals surface area contributed by atoms with Gasteiger partial charge in [0.25, 0.3) is 0 Å². The van der Waals surface area contributed by atoms with Gasteiger partial charge in [0, 0.05) is 47.9 Å². The number of allylic oxidation sites excluding steroid dienone is 1. The molecule has 1 aliphatic carbocycles. The topological polar surface area (TPSA) is 56.7 Å². The number of nitrogens with zero attached hydrogens (tertiary/aromatic N) is 2. The van der Waals surface area contributed by atoms with Crippen LogP contribution in [0.3, 0.4) is 0 Å². The van der Waals surface area contributed by atoms with E-state index in [0.717, 1.165) is 65.1 Å². The number of rotatable bonds is 7. The Morgan fingerprint density at radius 1 is 1.07 bits per heavy atom. The van der Waals surface area contributed by atoms with Crippen LogP contribution in [0.15, 0.2) is 46.9 Å². The van der Waals surface area contributed by atoms with Gasteiger partial charge in [-0.25, -0.2) is 9.37 Å². The second kappa shape index (κ2) is 9.16. The van der Waals surface area contributed by atoms with Crippen LogP contribution in [0.4, 0.5) is 5.69 Å². The molecule has 1 aromatic carbocycles. The first kappa shape index (κ1) is 21.6. The van der Waals surface area contributed by atoms with Crippen LogP contribution in [-0.4, -0.2) is 37.3 Å². The second-order valence-electron chi connectivity index (χ2n) is 7.35.